The van der Waals surface area contributed by atoms with Gasteiger partial charge in [-0.3, -0.25) is 15.6 Å². The lowest BCUT2D eigenvalue weighted by molar-refractivity contribution is -0.127. The molecular formula is C18H17ClFN3O4S. The van der Waals surface area contributed by atoms with Crippen molar-refractivity contribution in [3.05, 3.63) is 47.2 Å². The molecule has 28 heavy (non-hydrogen) atoms. The largest absolute Gasteiger partial charge is 0.486 e. The molecule has 7 nitrogen and oxygen atoms in total. The van der Waals surface area contributed by atoms with Gasteiger partial charge in [-0.25, -0.2) is 4.39 Å². The van der Waals surface area contributed by atoms with Crippen molar-refractivity contribution in [1.29, 1.82) is 0 Å². The van der Waals surface area contributed by atoms with E-state index in [2.05, 4.69) is 16.2 Å². The molecule has 2 aromatic carbocycles. The third-order valence-electron chi connectivity index (χ3n) is 3.67. The molecule has 0 saturated heterocycles. The van der Waals surface area contributed by atoms with E-state index in [1.807, 2.05) is 0 Å². The average Bonchev–Trinajstić information content (AvgIpc) is 2.68. The molecule has 0 saturated carbocycles. The van der Waals surface area contributed by atoms with E-state index in [0.717, 1.165) is 6.07 Å². The second kappa shape index (κ2) is 8.94. The first-order valence-electron chi connectivity index (χ1n) is 8.30. The molecule has 1 aliphatic heterocycles. The predicted octanol–water partition coefficient (Wildman–Crippen LogP) is 3.04. The van der Waals surface area contributed by atoms with Gasteiger partial charge >= 0.3 is 0 Å². The highest BCUT2D eigenvalue weighted by Gasteiger charge is 2.17. The van der Waals surface area contributed by atoms with Gasteiger partial charge in [0.1, 0.15) is 24.8 Å². The van der Waals surface area contributed by atoms with E-state index in [9.17, 15) is 9.18 Å². The Kier molecular flexibility index (Phi) is 6.37. The summed E-state index contributed by atoms with van der Waals surface area (Å²) < 4.78 is 29.4. The molecule has 0 aliphatic carbocycles. The van der Waals surface area contributed by atoms with Gasteiger partial charge in [0, 0.05) is 11.8 Å². The predicted molar refractivity (Wildman–Crippen MR) is 106 cm³/mol. The fraction of sp³-hybridized carbons (Fsp3) is 0.222. The molecule has 0 radical (unpaired) electrons. The zero-order chi connectivity index (χ0) is 20.1. The van der Waals surface area contributed by atoms with Crippen molar-refractivity contribution in [3.8, 4) is 17.2 Å². The van der Waals surface area contributed by atoms with Crippen LogP contribution in [0.15, 0.2) is 36.4 Å². The third kappa shape index (κ3) is 5.14. The SMILES string of the molecule is CC(Oc1ccc(F)cc1Cl)C(=O)NNC(=S)Nc1ccc2c(c1)OCCO2. The van der Waals surface area contributed by atoms with Crippen molar-refractivity contribution in [3.63, 3.8) is 0 Å². The third-order valence-corrected chi connectivity index (χ3v) is 4.17. The Bertz CT molecular complexity index is 899. The van der Waals surface area contributed by atoms with Gasteiger partial charge < -0.3 is 19.5 Å². The molecule has 0 spiro atoms. The van der Waals surface area contributed by atoms with Crippen LogP contribution in [0.4, 0.5) is 10.1 Å². The van der Waals surface area contributed by atoms with Crippen LogP contribution < -0.4 is 30.4 Å². The van der Waals surface area contributed by atoms with Crippen molar-refractivity contribution >= 4 is 40.5 Å². The average molecular weight is 426 g/mol. The van der Waals surface area contributed by atoms with Crippen LogP contribution in [0.2, 0.25) is 5.02 Å². The first kappa shape index (κ1) is 20.0. The lowest BCUT2D eigenvalue weighted by Gasteiger charge is -2.20. The lowest BCUT2D eigenvalue weighted by Crippen LogP contribution is -2.48. The Morgan fingerprint density at radius 3 is 2.68 bits per heavy atom. The second-order valence-corrected chi connectivity index (χ2v) is 6.58. The molecular weight excluding hydrogens is 409 g/mol. The highest BCUT2D eigenvalue weighted by Crippen LogP contribution is 2.32. The van der Waals surface area contributed by atoms with Crippen LogP contribution in [-0.4, -0.2) is 30.3 Å². The highest BCUT2D eigenvalue weighted by atomic mass is 35.5. The summed E-state index contributed by atoms with van der Waals surface area (Å²) >= 11 is 11.0. The number of thiocarbonyl (C=S) groups is 1. The molecule has 1 aliphatic rings. The maximum atomic E-state index is 13.1. The van der Waals surface area contributed by atoms with Gasteiger partial charge in [-0.05, 0) is 49.5 Å². The highest BCUT2D eigenvalue weighted by molar-refractivity contribution is 7.80. The lowest BCUT2D eigenvalue weighted by atomic mass is 10.2. The van der Waals surface area contributed by atoms with Crippen LogP contribution in [0.5, 0.6) is 17.2 Å². The standard InChI is InChI=1S/C18H17ClFN3O4S/c1-10(27-14-4-2-11(20)8-13(14)19)17(24)22-23-18(28)21-12-3-5-15-16(9-12)26-7-6-25-15/h2-5,8-10H,6-7H2,1H3,(H,22,24)(H2,21,23,28). The Labute approximate surface area is 171 Å². The molecule has 3 N–H and O–H groups in total. The van der Waals surface area contributed by atoms with Gasteiger partial charge in [0.25, 0.3) is 5.91 Å². The Hall–Kier alpha value is -2.78. The van der Waals surface area contributed by atoms with Crippen molar-refractivity contribution in [2.75, 3.05) is 18.5 Å². The number of halogens is 2. The number of hydrogen-bond donors (Lipinski definition) is 3. The minimum absolute atomic E-state index is 0.0726. The number of fused-ring (bicyclic) bond motifs is 1. The van der Waals surface area contributed by atoms with E-state index < -0.39 is 17.8 Å². The molecule has 148 valence electrons. The number of benzene rings is 2. The summed E-state index contributed by atoms with van der Waals surface area (Å²) in [6.45, 7) is 2.51. The molecule has 3 rings (SSSR count). The van der Waals surface area contributed by atoms with Gasteiger partial charge in [-0.15, -0.1) is 0 Å². The zero-order valence-corrected chi connectivity index (χ0v) is 16.3. The fourth-order valence-electron chi connectivity index (χ4n) is 2.32. The van der Waals surface area contributed by atoms with Crippen molar-refractivity contribution in [2.24, 2.45) is 0 Å². The van der Waals surface area contributed by atoms with Crippen molar-refractivity contribution in [2.45, 2.75) is 13.0 Å². The molecule has 0 fully saturated rings. The van der Waals surface area contributed by atoms with E-state index in [-0.39, 0.29) is 15.9 Å². The molecule has 2 aromatic rings. The summed E-state index contributed by atoms with van der Waals surface area (Å²) in [4.78, 5) is 12.1. The Balaban J connectivity index is 1.49. The normalized spacial score (nSPS) is 13.2. The summed E-state index contributed by atoms with van der Waals surface area (Å²) in [5, 5.41) is 3.15. The van der Waals surface area contributed by atoms with Crippen LogP contribution in [0.1, 0.15) is 6.92 Å². The first-order valence-corrected chi connectivity index (χ1v) is 9.09. The molecule has 0 bridgehead atoms. The van der Waals surface area contributed by atoms with Gasteiger partial charge in [-0.1, -0.05) is 11.6 Å². The number of ether oxygens (including phenoxy) is 3. The van der Waals surface area contributed by atoms with E-state index in [1.165, 1.54) is 19.1 Å². The summed E-state index contributed by atoms with van der Waals surface area (Å²) in [5.74, 6) is 0.483. The molecule has 1 atom stereocenters. The number of carbonyl (C=O) groups is 1. The summed E-state index contributed by atoms with van der Waals surface area (Å²) in [7, 11) is 0. The van der Waals surface area contributed by atoms with E-state index in [1.54, 1.807) is 18.2 Å². The van der Waals surface area contributed by atoms with Gasteiger partial charge in [-0.2, -0.15) is 0 Å². The van der Waals surface area contributed by atoms with Crippen LogP contribution in [-0.2, 0) is 4.79 Å². The molecule has 1 heterocycles. The second-order valence-electron chi connectivity index (χ2n) is 5.76. The maximum Gasteiger partial charge on any atom is 0.279 e. The van der Waals surface area contributed by atoms with E-state index in [0.29, 0.717) is 30.4 Å². The summed E-state index contributed by atoms with van der Waals surface area (Å²) in [6.07, 6.45) is -0.896. The van der Waals surface area contributed by atoms with Crippen molar-refractivity contribution < 1.29 is 23.4 Å². The van der Waals surface area contributed by atoms with Crippen molar-refractivity contribution in [1.82, 2.24) is 10.9 Å². The molecule has 1 amide bonds. The zero-order valence-electron chi connectivity index (χ0n) is 14.8. The Morgan fingerprint density at radius 1 is 1.18 bits per heavy atom. The van der Waals surface area contributed by atoms with E-state index >= 15 is 0 Å². The number of hydrazine groups is 1. The number of amides is 1. The Morgan fingerprint density at radius 2 is 1.93 bits per heavy atom. The molecule has 0 aromatic heterocycles. The smallest absolute Gasteiger partial charge is 0.279 e. The number of nitrogens with one attached hydrogen (secondary N) is 3. The van der Waals surface area contributed by atoms with Crippen LogP contribution >= 0.6 is 23.8 Å². The number of carbonyl (C=O) groups excluding carboxylic acids is 1. The minimum Gasteiger partial charge on any atom is -0.486 e. The van der Waals surface area contributed by atoms with Gasteiger partial charge in [0.05, 0.1) is 5.02 Å². The number of rotatable bonds is 4. The van der Waals surface area contributed by atoms with Gasteiger partial charge in [0.15, 0.2) is 22.7 Å². The van der Waals surface area contributed by atoms with Gasteiger partial charge in [0.2, 0.25) is 0 Å². The monoisotopic (exact) mass is 425 g/mol. The number of anilines is 1. The van der Waals surface area contributed by atoms with Crippen LogP contribution in [0.25, 0.3) is 0 Å². The topological polar surface area (TPSA) is 80.9 Å². The summed E-state index contributed by atoms with van der Waals surface area (Å²) in [6, 6.07) is 8.92. The summed E-state index contributed by atoms with van der Waals surface area (Å²) in [5.41, 5.74) is 5.67. The fourth-order valence-corrected chi connectivity index (χ4v) is 2.70. The molecule has 1 unspecified atom stereocenters. The molecule has 10 heteroatoms. The minimum atomic E-state index is -0.896. The van der Waals surface area contributed by atoms with Crippen LogP contribution in [0, 0.1) is 5.82 Å². The van der Waals surface area contributed by atoms with Crippen LogP contribution in [0.3, 0.4) is 0 Å². The maximum absolute atomic E-state index is 13.1. The number of hydrogen-bond acceptors (Lipinski definition) is 5. The first-order chi connectivity index (χ1) is 13.4. The quantitative estimate of drug-likeness (QED) is 0.513. The van der Waals surface area contributed by atoms with E-state index in [4.69, 9.17) is 38.0 Å².